The van der Waals surface area contributed by atoms with Gasteiger partial charge in [-0.15, -0.1) is 0 Å². The molecule has 0 aliphatic carbocycles. The molecule has 1 heterocycles. The molecule has 2 atom stereocenters. The highest BCUT2D eigenvalue weighted by molar-refractivity contribution is 7.90. The fourth-order valence-electron chi connectivity index (χ4n) is 3.24. The van der Waals surface area contributed by atoms with Crippen molar-refractivity contribution < 1.29 is 18.0 Å². The van der Waals surface area contributed by atoms with Crippen LogP contribution in [-0.2, 0) is 19.4 Å². The van der Waals surface area contributed by atoms with Crippen molar-refractivity contribution in [3.63, 3.8) is 0 Å². The smallest absolute Gasteiger partial charge is 0.237 e. The molecule has 8 heteroatoms. The Hall–Kier alpha value is -2.38. The minimum absolute atomic E-state index is 0.00985. The van der Waals surface area contributed by atoms with Crippen LogP contribution in [0.5, 0.6) is 0 Å². The molecule has 1 fully saturated rings. The third kappa shape index (κ3) is 3.99. The first kappa shape index (κ1) is 19.4. The zero-order valence-electron chi connectivity index (χ0n) is 14.8. The molecule has 0 spiro atoms. The monoisotopic (exact) mass is 406 g/mol. The molecule has 1 saturated heterocycles. The number of halogens is 1. The van der Waals surface area contributed by atoms with Crippen LogP contribution < -0.4 is 10.6 Å². The van der Waals surface area contributed by atoms with E-state index in [0.717, 1.165) is 17.4 Å². The Balaban J connectivity index is 1.91. The van der Waals surface area contributed by atoms with Gasteiger partial charge >= 0.3 is 0 Å². The van der Waals surface area contributed by atoms with Gasteiger partial charge in [0.25, 0.3) is 0 Å². The van der Waals surface area contributed by atoms with E-state index >= 15 is 0 Å². The van der Waals surface area contributed by atoms with Crippen LogP contribution in [0.4, 0.5) is 5.69 Å². The zero-order valence-corrected chi connectivity index (χ0v) is 16.4. The molecule has 0 bridgehead atoms. The summed E-state index contributed by atoms with van der Waals surface area (Å²) in [4.78, 5) is 25.2. The van der Waals surface area contributed by atoms with Gasteiger partial charge in [-0.25, -0.2) is 8.42 Å². The van der Waals surface area contributed by atoms with Crippen LogP contribution in [0.3, 0.4) is 0 Å². The van der Waals surface area contributed by atoms with Crippen molar-refractivity contribution >= 4 is 38.9 Å². The van der Waals surface area contributed by atoms with E-state index in [1.54, 1.807) is 24.3 Å². The third-order valence-electron chi connectivity index (χ3n) is 4.62. The number of benzene rings is 2. The first-order chi connectivity index (χ1) is 12.7. The lowest BCUT2D eigenvalue weighted by molar-refractivity contribution is -0.130. The van der Waals surface area contributed by atoms with Gasteiger partial charge < -0.3 is 10.6 Å². The molecule has 1 aliphatic rings. The van der Waals surface area contributed by atoms with Crippen LogP contribution >= 0.6 is 11.6 Å². The second-order valence-corrected chi connectivity index (χ2v) is 8.99. The number of amides is 2. The molecular formula is C19H19ClN2O4S. The molecule has 2 N–H and O–H groups in total. The second-order valence-electron chi connectivity index (χ2n) is 6.60. The molecule has 1 aliphatic heterocycles. The van der Waals surface area contributed by atoms with Crippen molar-refractivity contribution in [3.05, 3.63) is 58.6 Å². The van der Waals surface area contributed by atoms with Crippen LogP contribution in [-0.4, -0.2) is 33.0 Å². The van der Waals surface area contributed by atoms with Gasteiger partial charge in [-0.2, -0.15) is 0 Å². The Morgan fingerprint density at radius 1 is 1.22 bits per heavy atom. The van der Waals surface area contributed by atoms with Crippen LogP contribution in [0, 0.1) is 12.8 Å². The Bertz CT molecular complexity index is 1020. The lowest BCUT2D eigenvalue weighted by Crippen LogP contribution is -2.32. The molecule has 2 aromatic carbocycles. The Morgan fingerprint density at radius 3 is 2.59 bits per heavy atom. The molecule has 27 heavy (non-hydrogen) atoms. The van der Waals surface area contributed by atoms with E-state index in [1.807, 2.05) is 13.0 Å². The van der Waals surface area contributed by atoms with Crippen molar-refractivity contribution in [2.45, 2.75) is 17.7 Å². The highest BCUT2D eigenvalue weighted by Gasteiger charge is 2.41. The molecule has 6 nitrogen and oxygen atoms in total. The first-order valence-corrected chi connectivity index (χ1v) is 10.6. The van der Waals surface area contributed by atoms with E-state index in [4.69, 9.17) is 11.6 Å². The van der Waals surface area contributed by atoms with Gasteiger partial charge in [0.1, 0.15) is 5.92 Å². The topological polar surface area (TPSA) is 92.3 Å². The Labute approximate surface area is 162 Å². The molecule has 0 saturated carbocycles. The highest BCUT2D eigenvalue weighted by atomic mass is 35.5. The predicted molar refractivity (Wildman–Crippen MR) is 104 cm³/mol. The van der Waals surface area contributed by atoms with Crippen molar-refractivity contribution in [2.24, 2.45) is 5.92 Å². The van der Waals surface area contributed by atoms with Gasteiger partial charge in [0, 0.05) is 23.7 Å². The number of nitrogens with one attached hydrogen (secondary N) is 2. The summed E-state index contributed by atoms with van der Waals surface area (Å²) in [5, 5.41) is 5.93. The summed E-state index contributed by atoms with van der Waals surface area (Å²) in [5.41, 5.74) is 1.85. The highest BCUT2D eigenvalue weighted by Crippen LogP contribution is 2.32. The fraction of sp³-hybridized carbons (Fsp3) is 0.263. The van der Waals surface area contributed by atoms with Gasteiger partial charge in [0.05, 0.1) is 10.6 Å². The number of anilines is 1. The number of hydrogen-bond donors (Lipinski definition) is 2. The molecule has 2 amide bonds. The summed E-state index contributed by atoms with van der Waals surface area (Å²) in [5.74, 6) is -2.25. The number of rotatable bonds is 4. The normalized spacial score (nSPS) is 19.6. The SMILES string of the molecule is Cc1cc([C@H]2CNC(=O)[C@@H]2C(=O)Nc2ccccc2S(C)(=O)=O)ccc1Cl. The number of carbonyl (C=O) groups excluding carboxylic acids is 2. The average molecular weight is 407 g/mol. The first-order valence-electron chi connectivity index (χ1n) is 8.32. The van der Waals surface area contributed by atoms with Crippen LogP contribution in [0.2, 0.25) is 5.02 Å². The standard InChI is InChI=1S/C19H19ClN2O4S/c1-11-9-12(7-8-14(11)20)13-10-21-18(23)17(13)19(24)22-15-5-3-4-6-16(15)27(2,25)26/h3-9,13,17H,10H2,1-2H3,(H,21,23)(H,22,24)/t13-,17-/m1/s1. The van der Waals surface area contributed by atoms with Crippen LogP contribution in [0.1, 0.15) is 17.0 Å². The third-order valence-corrected chi connectivity index (χ3v) is 6.20. The van der Waals surface area contributed by atoms with Crippen LogP contribution in [0.15, 0.2) is 47.4 Å². The summed E-state index contributed by atoms with van der Waals surface area (Å²) < 4.78 is 23.9. The molecule has 0 unspecified atom stereocenters. The summed E-state index contributed by atoms with van der Waals surface area (Å²) in [6.07, 6.45) is 1.07. The van der Waals surface area contributed by atoms with Crippen LogP contribution in [0.25, 0.3) is 0 Å². The molecule has 142 valence electrons. The summed E-state index contributed by atoms with van der Waals surface area (Å²) >= 11 is 6.06. The van der Waals surface area contributed by atoms with E-state index in [9.17, 15) is 18.0 Å². The van der Waals surface area contributed by atoms with Gasteiger partial charge in [0.2, 0.25) is 11.8 Å². The summed E-state index contributed by atoms with van der Waals surface area (Å²) in [6.45, 7) is 2.18. The average Bonchev–Trinajstić information content (AvgIpc) is 2.98. The number of hydrogen-bond acceptors (Lipinski definition) is 4. The number of para-hydroxylation sites is 1. The fourth-order valence-corrected chi connectivity index (χ4v) is 4.20. The molecule has 0 aromatic heterocycles. The van der Waals surface area contributed by atoms with E-state index < -0.39 is 21.7 Å². The minimum Gasteiger partial charge on any atom is -0.355 e. The van der Waals surface area contributed by atoms with Crippen molar-refractivity contribution in [1.29, 1.82) is 0 Å². The van der Waals surface area contributed by atoms with E-state index in [-0.39, 0.29) is 22.4 Å². The van der Waals surface area contributed by atoms with Gasteiger partial charge in [-0.1, -0.05) is 35.9 Å². The van der Waals surface area contributed by atoms with E-state index in [1.165, 1.54) is 12.1 Å². The maximum atomic E-state index is 12.8. The molecular weight excluding hydrogens is 388 g/mol. The quantitative estimate of drug-likeness (QED) is 0.763. The lowest BCUT2D eigenvalue weighted by Gasteiger charge is -2.18. The number of aryl methyl sites for hydroxylation is 1. The molecule has 3 rings (SSSR count). The van der Waals surface area contributed by atoms with Crippen molar-refractivity contribution in [3.8, 4) is 0 Å². The Morgan fingerprint density at radius 2 is 1.93 bits per heavy atom. The van der Waals surface area contributed by atoms with Gasteiger partial charge in [-0.05, 0) is 36.2 Å². The van der Waals surface area contributed by atoms with Gasteiger partial charge in [-0.3, -0.25) is 9.59 Å². The number of sulfone groups is 1. The van der Waals surface area contributed by atoms with E-state index in [2.05, 4.69) is 10.6 Å². The minimum atomic E-state index is -3.52. The lowest BCUT2D eigenvalue weighted by atomic mass is 9.87. The number of carbonyl (C=O) groups is 2. The predicted octanol–water partition coefficient (Wildman–Crippen LogP) is 2.52. The zero-order chi connectivity index (χ0) is 19.8. The molecule has 2 aromatic rings. The summed E-state index contributed by atoms with van der Waals surface area (Å²) in [7, 11) is -3.52. The maximum absolute atomic E-state index is 12.8. The van der Waals surface area contributed by atoms with Crippen molar-refractivity contribution in [1.82, 2.24) is 5.32 Å². The van der Waals surface area contributed by atoms with Crippen molar-refractivity contribution in [2.75, 3.05) is 18.1 Å². The second kappa shape index (κ2) is 7.32. The Kier molecular flexibility index (Phi) is 5.26. The van der Waals surface area contributed by atoms with E-state index in [0.29, 0.717) is 11.6 Å². The molecule has 0 radical (unpaired) electrons. The maximum Gasteiger partial charge on any atom is 0.237 e. The van der Waals surface area contributed by atoms with Gasteiger partial charge in [0.15, 0.2) is 9.84 Å². The summed E-state index contributed by atoms with van der Waals surface area (Å²) in [6, 6.07) is 11.5. The largest absolute Gasteiger partial charge is 0.355 e.